The summed E-state index contributed by atoms with van der Waals surface area (Å²) >= 11 is 5.09. The Hall–Kier alpha value is -3.59. The van der Waals surface area contributed by atoms with E-state index in [0.717, 1.165) is 11.3 Å². The smallest absolute Gasteiger partial charge is 0.294 e. The molecule has 0 aliphatic rings. The zero-order valence-electron chi connectivity index (χ0n) is 15.5. The van der Waals surface area contributed by atoms with E-state index in [4.69, 9.17) is 12.2 Å². The van der Waals surface area contributed by atoms with Crippen molar-refractivity contribution in [3.05, 3.63) is 93.7 Å². The van der Waals surface area contributed by atoms with E-state index in [1.165, 1.54) is 22.9 Å². The molecule has 0 fully saturated rings. The minimum atomic E-state index is -0.717. The number of nitrogens with zero attached hydrogens (tertiary/aromatic N) is 2. The van der Waals surface area contributed by atoms with Gasteiger partial charge in [-0.15, -0.1) is 0 Å². The summed E-state index contributed by atoms with van der Waals surface area (Å²) in [6.07, 6.45) is 0. The molecular weight excluding hydrogens is 393 g/mol. The molecule has 0 bridgehead atoms. The van der Waals surface area contributed by atoms with Crippen LogP contribution in [0.25, 0.3) is 5.69 Å². The van der Waals surface area contributed by atoms with Gasteiger partial charge in [0.25, 0.3) is 5.91 Å². The standard InChI is InChI=1S/C20H18FN5O2S/c1-13-11-17(27)18(25-26(13)16-5-3-2-4-6-16)19(28)23-24-20(29)22-12-14-7-9-15(21)10-8-14/h2-11H,12H2,1H3,(H,23,28)(H2,22,24,29). The third kappa shape index (κ3) is 5.23. The molecule has 0 saturated carbocycles. The molecule has 3 rings (SSSR count). The minimum Gasteiger partial charge on any atom is -0.357 e. The van der Waals surface area contributed by atoms with Crippen LogP contribution in [0, 0.1) is 12.7 Å². The van der Waals surface area contributed by atoms with Crippen molar-refractivity contribution in [2.75, 3.05) is 0 Å². The van der Waals surface area contributed by atoms with E-state index in [-0.39, 0.29) is 16.6 Å². The number of thiocarbonyl (C=S) groups is 1. The van der Waals surface area contributed by atoms with E-state index in [0.29, 0.717) is 12.2 Å². The molecule has 0 unspecified atom stereocenters. The monoisotopic (exact) mass is 411 g/mol. The number of para-hydroxylation sites is 1. The Bertz CT molecular complexity index is 1080. The maximum atomic E-state index is 12.9. The van der Waals surface area contributed by atoms with Gasteiger partial charge in [-0.2, -0.15) is 5.10 Å². The van der Waals surface area contributed by atoms with Crippen molar-refractivity contribution in [3.63, 3.8) is 0 Å². The number of halogens is 1. The van der Waals surface area contributed by atoms with Crippen LogP contribution >= 0.6 is 12.2 Å². The number of carbonyl (C=O) groups excluding carboxylic acids is 1. The van der Waals surface area contributed by atoms with Gasteiger partial charge in [0.05, 0.1) is 5.69 Å². The SMILES string of the molecule is Cc1cc(=O)c(C(=O)NNC(=S)NCc2ccc(F)cc2)nn1-c1ccccc1. The number of hydrogen-bond acceptors (Lipinski definition) is 4. The number of nitrogens with one attached hydrogen (secondary N) is 3. The molecule has 0 spiro atoms. The molecule has 0 radical (unpaired) electrons. The number of rotatable bonds is 4. The van der Waals surface area contributed by atoms with Gasteiger partial charge in [0, 0.05) is 18.3 Å². The predicted molar refractivity (Wildman–Crippen MR) is 111 cm³/mol. The highest BCUT2D eigenvalue weighted by Crippen LogP contribution is 2.07. The number of hydrogen-bond donors (Lipinski definition) is 3. The maximum Gasteiger partial charge on any atom is 0.294 e. The molecule has 148 valence electrons. The molecule has 3 aromatic rings. The van der Waals surface area contributed by atoms with Gasteiger partial charge in [-0.3, -0.25) is 20.4 Å². The number of hydrazine groups is 1. The van der Waals surface area contributed by atoms with E-state index in [1.54, 1.807) is 19.1 Å². The highest BCUT2D eigenvalue weighted by Gasteiger charge is 2.15. The first-order chi connectivity index (χ1) is 13.9. The highest BCUT2D eigenvalue weighted by molar-refractivity contribution is 7.80. The van der Waals surface area contributed by atoms with Crippen molar-refractivity contribution < 1.29 is 9.18 Å². The van der Waals surface area contributed by atoms with Gasteiger partial charge < -0.3 is 5.32 Å². The quantitative estimate of drug-likeness (QED) is 0.450. The molecule has 1 aromatic heterocycles. The second-order valence-electron chi connectivity index (χ2n) is 6.13. The van der Waals surface area contributed by atoms with Crippen LogP contribution in [-0.2, 0) is 6.54 Å². The maximum absolute atomic E-state index is 12.9. The first kappa shape index (κ1) is 20.2. The lowest BCUT2D eigenvalue weighted by Crippen LogP contribution is -2.48. The Morgan fingerprint density at radius 2 is 1.79 bits per heavy atom. The Kier molecular flexibility index (Phi) is 6.30. The molecule has 0 atom stereocenters. The molecule has 0 saturated heterocycles. The van der Waals surface area contributed by atoms with Crippen LogP contribution < -0.4 is 21.6 Å². The van der Waals surface area contributed by atoms with Crippen LogP contribution in [0.1, 0.15) is 21.7 Å². The normalized spacial score (nSPS) is 10.3. The first-order valence-electron chi connectivity index (χ1n) is 8.69. The topological polar surface area (TPSA) is 88.1 Å². The fraction of sp³-hybridized carbons (Fsp3) is 0.100. The van der Waals surface area contributed by atoms with E-state index in [1.807, 2.05) is 30.3 Å². The molecule has 9 heteroatoms. The van der Waals surface area contributed by atoms with Gasteiger partial charge in [0.2, 0.25) is 5.43 Å². The summed E-state index contributed by atoms with van der Waals surface area (Å²) in [5.41, 5.74) is 6.24. The average molecular weight is 411 g/mol. The summed E-state index contributed by atoms with van der Waals surface area (Å²) in [5, 5.41) is 7.18. The summed E-state index contributed by atoms with van der Waals surface area (Å²) in [5.74, 6) is -1.04. The van der Waals surface area contributed by atoms with Crippen molar-refractivity contribution in [2.24, 2.45) is 0 Å². The van der Waals surface area contributed by atoms with E-state index in [2.05, 4.69) is 21.3 Å². The van der Waals surface area contributed by atoms with E-state index in [9.17, 15) is 14.0 Å². The summed E-state index contributed by atoms with van der Waals surface area (Å²) in [4.78, 5) is 24.6. The highest BCUT2D eigenvalue weighted by atomic mass is 32.1. The van der Waals surface area contributed by atoms with Gasteiger partial charge in [0.15, 0.2) is 10.8 Å². The largest absolute Gasteiger partial charge is 0.357 e. The summed E-state index contributed by atoms with van der Waals surface area (Å²) in [6, 6.07) is 16.4. The van der Waals surface area contributed by atoms with Crippen molar-refractivity contribution in [1.82, 2.24) is 25.9 Å². The van der Waals surface area contributed by atoms with Crippen LogP contribution in [0.2, 0.25) is 0 Å². The Morgan fingerprint density at radius 1 is 1.10 bits per heavy atom. The Labute approximate surface area is 171 Å². The molecule has 0 aliphatic carbocycles. The van der Waals surface area contributed by atoms with E-state index < -0.39 is 11.3 Å². The number of benzene rings is 2. The number of carbonyl (C=O) groups is 1. The molecule has 1 amide bonds. The zero-order chi connectivity index (χ0) is 20.8. The summed E-state index contributed by atoms with van der Waals surface area (Å²) < 4.78 is 14.4. The van der Waals surface area contributed by atoms with Crippen LogP contribution in [0.3, 0.4) is 0 Å². The van der Waals surface area contributed by atoms with Crippen molar-refractivity contribution in [2.45, 2.75) is 13.5 Å². The summed E-state index contributed by atoms with van der Waals surface area (Å²) in [7, 11) is 0. The number of amides is 1. The molecular formula is C20H18FN5O2S. The van der Waals surface area contributed by atoms with Crippen molar-refractivity contribution >= 4 is 23.2 Å². The third-order valence-corrected chi connectivity index (χ3v) is 4.23. The molecule has 7 nitrogen and oxygen atoms in total. The fourth-order valence-corrected chi connectivity index (χ4v) is 2.66. The van der Waals surface area contributed by atoms with Gasteiger partial charge in [-0.1, -0.05) is 30.3 Å². The van der Waals surface area contributed by atoms with Crippen LogP contribution in [0.15, 0.2) is 65.5 Å². The lowest BCUT2D eigenvalue weighted by molar-refractivity contribution is 0.0935. The predicted octanol–water partition coefficient (Wildman–Crippen LogP) is 1.99. The number of aryl methyl sites for hydroxylation is 1. The van der Waals surface area contributed by atoms with Crippen LogP contribution in [0.5, 0.6) is 0 Å². The third-order valence-electron chi connectivity index (χ3n) is 3.98. The summed E-state index contributed by atoms with van der Waals surface area (Å²) in [6.45, 7) is 2.07. The zero-order valence-corrected chi connectivity index (χ0v) is 16.3. The second kappa shape index (κ2) is 9.07. The fourth-order valence-electron chi connectivity index (χ4n) is 2.54. The molecule has 1 heterocycles. The van der Waals surface area contributed by atoms with E-state index >= 15 is 0 Å². The van der Waals surface area contributed by atoms with Crippen molar-refractivity contribution in [1.29, 1.82) is 0 Å². The molecule has 2 aromatic carbocycles. The first-order valence-corrected chi connectivity index (χ1v) is 9.10. The van der Waals surface area contributed by atoms with Crippen molar-refractivity contribution in [3.8, 4) is 5.69 Å². The molecule has 3 N–H and O–H groups in total. The molecule has 29 heavy (non-hydrogen) atoms. The van der Waals surface area contributed by atoms with Gasteiger partial charge in [-0.25, -0.2) is 9.07 Å². The Morgan fingerprint density at radius 3 is 2.48 bits per heavy atom. The average Bonchev–Trinajstić information content (AvgIpc) is 2.72. The van der Waals surface area contributed by atoms with Crippen LogP contribution in [0.4, 0.5) is 4.39 Å². The van der Waals surface area contributed by atoms with Gasteiger partial charge in [0.1, 0.15) is 5.82 Å². The second-order valence-corrected chi connectivity index (χ2v) is 6.54. The number of aromatic nitrogens is 2. The lowest BCUT2D eigenvalue weighted by atomic mass is 10.2. The van der Waals surface area contributed by atoms with Gasteiger partial charge in [-0.05, 0) is 49.0 Å². The molecule has 0 aliphatic heterocycles. The van der Waals surface area contributed by atoms with Crippen LogP contribution in [-0.4, -0.2) is 20.8 Å². The lowest BCUT2D eigenvalue weighted by Gasteiger charge is -2.13. The van der Waals surface area contributed by atoms with Gasteiger partial charge >= 0.3 is 0 Å². The Balaban J connectivity index is 1.63. The minimum absolute atomic E-state index is 0.137.